The van der Waals surface area contributed by atoms with Gasteiger partial charge in [0, 0.05) is 12.2 Å². The number of aliphatic hydroxyl groups excluding tert-OH is 1. The van der Waals surface area contributed by atoms with E-state index >= 15 is 0 Å². The van der Waals surface area contributed by atoms with Gasteiger partial charge in [-0.15, -0.1) is 0 Å². The highest BCUT2D eigenvalue weighted by Crippen LogP contribution is 2.29. The van der Waals surface area contributed by atoms with E-state index in [9.17, 15) is 14.0 Å². The molecule has 0 saturated carbocycles. The van der Waals surface area contributed by atoms with Crippen LogP contribution in [-0.4, -0.2) is 34.8 Å². The molecular formula is C13H14FNO3. The first kappa shape index (κ1) is 12.7. The summed E-state index contributed by atoms with van der Waals surface area (Å²) in [5.74, 6) is -0.899. The van der Waals surface area contributed by atoms with Crippen LogP contribution in [0.1, 0.15) is 24.4 Å². The molecule has 18 heavy (non-hydrogen) atoms. The van der Waals surface area contributed by atoms with Gasteiger partial charge in [0.15, 0.2) is 5.78 Å². The van der Waals surface area contributed by atoms with E-state index in [-0.39, 0.29) is 37.7 Å². The monoisotopic (exact) mass is 251 g/mol. The third kappa shape index (κ3) is 2.41. The van der Waals surface area contributed by atoms with Crippen molar-refractivity contribution >= 4 is 11.7 Å². The molecule has 4 nitrogen and oxygen atoms in total. The summed E-state index contributed by atoms with van der Waals surface area (Å²) in [6.45, 7) is -0.172. The van der Waals surface area contributed by atoms with Crippen molar-refractivity contribution in [1.29, 1.82) is 0 Å². The number of carbonyl (C=O) groups is 2. The van der Waals surface area contributed by atoms with Gasteiger partial charge in [-0.3, -0.25) is 9.59 Å². The maximum atomic E-state index is 13.7. The summed E-state index contributed by atoms with van der Waals surface area (Å²) in [6.07, 6.45) is 0.0936. The van der Waals surface area contributed by atoms with Crippen molar-refractivity contribution in [3.8, 4) is 0 Å². The summed E-state index contributed by atoms with van der Waals surface area (Å²) in [5, 5.41) is 9.06. The quantitative estimate of drug-likeness (QED) is 0.814. The standard InChI is InChI=1S/C13H14FNO3/c14-11-4-2-1-3-10(11)12(5-6-16)15-8-9(17)7-13(15)18/h1-4,12,16H,5-8H2. The smallest absolute Gasteiger partial charge is 0.231 e. The second-order valence-electron chi connectivity index (χ2n) is 4.29. The molecule has 96 valence electrons. The molecule has 0 aliphatic carbocycles. The fraction of sp³-hybridized carbons (Fsp3) is 0.385. The Morgan fingerprint density at radius 3 is 2.61 bits per heavy atom. The Labute approximate surface area is 104 Å². The summed E-state index contributed by atoms with van der Waals surface area (Å²) in [7, 11) is 0. The van der Waals surface area contributed by atoms with Gasteiger partial charge >= 0.3 is 0 Å². The SMILES string of the molecule is O=C1CC(=O)N(C(CCO)c2ccccc2F)C1. The van der Waals surface area contributed by atoms with Crippen LogP contribution in [0.15, 0.2) is 24.3 Å². The molecule has 2 rings (SSSR count). The number of aliphatic hydroxyl groups is 1. The van der Waals surface area contributed by atoms with Gasteiger partial charge in [0.05, 0.1) is 19.0 Å². The van der Waals surface area contributed by atoms with E-state index in [1.807, 2.05) is 0 Å². The lowest BCUT2D eigenvalue weighted by molar-refractivity contribution is -0.130. The zero-order valence-electron chi connectivity index (χ0n) is 9.80. The van der Waals surface area contributed by atoms with Gasteiger partial charge in [-0.25, -0.2) is 4.39 Å². The Balaban J connectivity index is 2.31. The van der Waals surface area contributed by atoms with Crippen molar-refractivity contribution in [3.63, 3.8) is 0 Å². The number of halogens is 1. The molecule has 1 atom stereocenters. The summed E-state index contributed by atoms with van der Waals surface area (Å²) in [6, 6.07) is 5.54. The Morgan fingerprint density at radius 1 is 1.33 bits per heavy atom. The lowest BCUT2D eigenvalue weighted by atomic mass is 10.0. The third-order valence-electron chi connectivity index (χ3n) is 3.06. The van der Waals surface area contributed by atoms with Crippen molar-refractivity contribution in [3.05, 3.63) is 35.6 Å². The molecule has 1 aliphatic rings. The summed E-state index contributed by atoms with van der Waals surface area (Å²) < 4.78 is 13.7. The molecule has 1 unspecified atom stereocenters. The number of rotatable bonds is 4. The Hall–Kier alpha value is -1.75. The molecule has 1 aromatic carbocycles. The summed E-state index contributed by atoms with van der Waals surface area (Å²) in [4.78, 5) is 24.3. The molecule has 1 fully saturated rings. The normalized spacial score (nSPS) is 17.3. The summed E-state index contributed by atoms with van der Waals surface area (Å²) in [5.41, 5.74) is 0.342. The second-order valence-corrected chi connectivity index (χ2v) is 4.29. The van der Waals surface area contributed by atoms with Crippen LogP contribution >= 0.6 is 0 Å². The maximum absolute atomic E-state index is 13.7. The molecule has 1 saturated heterocycles. The lowest BCUT2D eigenvalue weighted by Gasteiger charge is -2.27. The largest absolute Gasteiger partial charge is 0.396 e. The van der Waals surface area contributed by atoms with Gasteiger partial charge in [-0.2, -0.15) is 0 Å². The molecule has 1 heterocycles. The molecule has 1 aliphatic heterocycles. The number of nitrogens with zero attached hydrogens (tertiary/aromatic N) is 1. The fourth-order valence-electron chi connectivity index (χ4n) is 2.24. The van der Waals surface area contributed by atoms with E-state index in [2.05, 4.69) is 0 Å². The lowest BCUT2D eigenvalue weighted by Crippen LogP contribution is -2.31. The number of amides is 1. The summed E-state index contributed by atoms with van der Waals surface area (Å²) >= 11 is 0. The van der Waals surface area contributed by atoms with Crippen molar-refractivity contribution < 1.29 is 19.1 Å². The van der Waals surface area contributed by atoms with E-state index in [0.717, 1.165) is 0 Å². The van der Waals surface area contributed by atoms with Crippen molar-refractivity contribution in [2.45, 2.75) is 18.9 Å². The minimum Gasteiger partial charge on any atom is -0.396 e. The van der Waals surface area contributed by atoms with Gasteiger partial charge in [-0.05, 0) is 12.5 Å². The number of hydrogen-bond donors (Lipinski definition) is 1. The third-order valence-corrected chi connectivity index (χ3v) is 3.06. The Morgan fingerprint density at radius 2 is 2.06 bits per heavy atom. The van der Waals surface area contributed by atoms with Gasteiger partial charge in [0.25, 0.3) is 0 Å². The minimum absolute atomic E-state index is 0.00215. The second kappa shape index (κ2) is 5.27. The minimum atomic E-state index is -0.574. The van der Waals surface area contributed by atoms with Crippen LogP contribution in [0.2, 0.25) is 0 Å². The highest BCUT2D eigenvalue weighted by molar-refractivity contribution is 6.05. The molecule has 0 bridgehead atoms. The van der Waals surface area contributed by atoms with Crippen LogP contribution in [-0.2, 0) is 9.59 Å². The first-order valence-corrected chi connectivity index (χ1v) is 5.80. The van der Waals surface area contributed by atoms with E-state index in [4.69, 9.17) is 5.11 Å². The number of ketones is 1. The average molecular weight is 251 g/mol. The predicted molar refractivity (Wildman–Crippen MR) is 62.2 cm³/mol. The number of likely N-dealkylation sites (tertiary alicyclic amines) is 1. The van der Waals surface area contributed by atoms with Crippen LogP contribution in [0.3, 0.4) is 0 Å². The Bertz CT molecular complexity index is 475. The zero-order valence-corrected chi connectivity index (χ0v) is 9.80. The molecule has 1 N–H and O–H groups in total. The van der Waals surface area contributed by atoms with Crippen LogP contribution in [0.4, 0.5) is 4.39 Å². The first-order chi connectivity index (χ1) is 8.63. The van der Waals surface area contributed by atoms with Gasteiger partial charge in [0.1, 0.15) is 5.82 Å². The molecule has 0 aromatic heterocycles. The van der Waals surface area contributed by atoms with Gasteiger partial charge < -0.3 is 10.0 Å². The van der Waals surface area contributed by atoms with Crippen LogP contribution < -0.4 is 0 Å². The maximum Gasteiger partial charge on any atom is 0.231 e. The van der Waals surface area contributed by atoms with E-state index < -0.39 is 11.9 Å². The Kier molecular flexibility index (Phi) is 3.72. The fourth-order valence-corrected chi connectivity index (χ4v) is 2.24. The van der Waals surface area contributed by atoms with E-state index in [1.165, 1.54) is 11.0 Å². The van der Waals surface area contributed by atoms with Gasteiger partial charge in [0.2, 0.25) is 5.91 Å². The van der Waals surface area contributed by atoms with Crippen LogP contribution in [0.5, 0.6) is 0 Å². The topological polar surface area (TPSA) is 57.6 Å². The van der Waals surface area contributed by atoms with Crippen molar-refractivity contribution in [2.24, 2.45) is 0 Å². The molecule has 1 amide bonds. The number of benzene rings is 1. The molecule has 0 radical (unpaired) electrons. The van der Waals surface area contributed by atoms with Crippen molar-refractivity contribution in [1.82, 2.24) is 4.90 Å². The highest BCUT2D eigenvalue weighted by atomic mass is 19.1. The number of carbonyl (C=O) groups excluding carboxylic acids is 2. The number of Topliss-reactive ketones (excluding diaryl/α,β-unsaturated/α-hetero) is 1. The van der Waals surface area contributed by atoms with Crippen LogP contribution in [0.25, 0.3) is 0 Å². The zero-order chi connectivity index (χ0) is 13.1. The van der Waals surface area contributed by atoms with Crippen LogP contribution in [0, 0.1) is 5.82 Å². The average Bonchev–Trinajstić information content (AvgIpc) is 2.66. The molecule has 1 aromatic rings. The van der Waals surface area contributed by atoms with Gasteiger partial charge in [-0.1, -0.05) is 18.2 Å². The van der Waals surface area contributed by atoms with E-state index in [0.29, 0.717) is 5.56 Å². The predicted octanol–water partition coefficient (Wildman–Crippen LogP) is 1.05. The van der Waals surface area contributed by atoms with Crippen molar-refractivity contribution in [2.75, 3.05) is 13.2 Å². The number of hydrogen-bond acceptors (Lipinski definition) is 3. The first-order valence-electron chi connectivity index (χ1n) is 5.80. The molecule has 5 heteroatoms. The molecule has 0 spiro atoms. The van der Waals surface area contributed by atoms with E-state index in [1.54, 1.807) is 18.2 Å². The molecular weight excluding hydrogens is 237 g/mol. The highest BCUT2D eigenvalue weighted by Gasteiger charge is 2.34.